The first kappa shape index (κ1) is 34.8. The van der Waals surface area contributed by atoms with E-state index < -0.39 is 0 Å². The van der Waals surface area contributed by atoms with Gasteiger partial charge in [-0.25, -0.2) is 0 Å². The van der Waals surface area contributed by atoms with Crippen LogP contribution in [0.4, 0.5) is 34.1 Å². The fourth-order valence-corrected chi connectivity index (χ4v) is 13.8. The predicted molar refractivity (Wildman–Crippen MR) is 260 cm³/mol. The van der Waals surface area contributed by atoms with Crippen LogP contribution < -0.4 is 9.80 Å². The van der Waals surface area contributed by atoms with Gasteiger partial charge in [0.2, 0.25) is 0 Å². The van der Waals surface area contributed by atoms with Gasteiger partial charge in [0, 0.05) is 38.8 Å². The van der Waals surface area contributed by atoms with Crippen LogP contribution in [0.15, 0.2) is 194 Å². The number of hydrogen-bond acceptors (Lipinski definition) is 2. The lowest BCUT2D eigenvalue weighted by atomic mass is 9.43. The van der Waals surface area contributed by atoms with E-state index in [2.05, 4.69) is 204 Å². The number of hydrogen-bond donors (Lipinski definition) is 0. The Hall–Kier alpha value is -6.90. The minimum atomic E-state index is 0.104. The third-order valence-electron chi connectivity index (χ3n) is 15.9. The second kappa shape index (κ2) is 13.1. The normalized spacial score (nSPS) is 21.9. The minimum Gasteiger partial charge on any atom is -0.310 e. The summed E-state index contributed by atoms with van der Waals surface area (Å²) in [7, 11) is 0. The molecule has 4 bridgehead atoms. The third kappa shape index (κ3) is 4.76. The molecule has 5 aliphatic rings. The molecule has 0 radical (unpaired) electrons. The number of rotatable bonds is 6. The maximum absolute atomic E-state index is 2.60. The van der Waals surface area contributed by atoms with E-state index >= 15 is 0 Å². The SMILES string of the molecule is c1ccc(N(c2ccc3ccccc3c2)c2ccc3ccc4c(N(c5ccccc5)c5cccc6c5-c5ccccc5C65C6CC7CC(C6)CC5C7)ccc5ccc2c3c54)cc1. The Morgan fingerprint density at radius 3 is 1.56 bits per heavy atom. The Balaban J connectivity index is 1.01. The van der Waals surface area contributed by atoms with Crippen molar-refractivity contribution in [3.05, 3.63) is 205 Å². The molecule has 0 aliphatic heterocycles. The van der Waals surface area contributed by atoms with Gasteiger partial charge in [0.25, 0.3) is 0 Å². The highest BCUT2D eigenvalue weighted by Crippen LogP contribution is 2.70. The molecular weight excluding hydrogens is 749 g/mol. The first-order valence-corrected chi connectivity index (χ1v) is 22.9. The van der Waals surface area contributed by atoms with Crippen molar-refractivity contribution in [2.24, 2.45) is 23.7 Å². The highest BCUT2D eigenvalue weighted by molar-refractivity contribution is 6.28. The maximum Gasteiger partial charge on any atom is 0.0543 e. The van der Waals surface area contributed by atoms with Gasteiger partial charge < -0.3 is 9.80 Å². The zero-order valence-electron chi connectivity index (χ0n) is 34.7. The number of benzene rings is 10. The average molecular weight is 795 g/mol. The molecule has 2 heteroatoms. The Morgan fingerprint density at radius 1 is 0.355 bits per heavy atom. The molecular formula is C60H46N2. The molecule has 1 spiro atoms. The number of nitrogens with zero attached hydrogens (tertiary/aromatic N) is 2. The van der Waals surface area contributed by atoms with E-state index in [4.69, 9.17) is 0 Å². The number of anilines is 6. The molecule has 0 saturated heterocycles. The van der Waals surface area contributed by atoms with Gasteiger partial charge in [0.1, 0.15) is 0 Å². The van der Waals surface area contributed by atoms with Crippen molar-refractivity contribution in [3.63, 3.8) is 0 Å². The van der Waals surface area contributed by atoms with Crippen molar-refractivity contribution in [1.82, 2.24) is 0 Å². The third-order valence-corrected chi connectivity index (χ3v) is 15.9. The van der Waals surface area contributed by atoms with Crippen LogP contribution in [0, 0.1) is 23.7 Å². The van der Waals surface area contributed by atoms with E-state index in [1.54, 1.807) is 11.1 Å². The summed E-state index contributed by atoms with van der Waals surface area (Å²) in [5.41, 5.74) is 13.3. The van der Waals surface area contributed by atoms with Crippen LogP contribution in [0.25, 0.3) is 54.2 Å². The van der Waals surface area contributed by atoms with Gasteiger partial charge >= 0.3 is 0 Å². The highest BCUT2D eigenvalue weighted by atomic mass is 15.2. The summed E-state index contributed by atoms with van der Waals surface area (Å²) in [6.45, 7) is 0. The van der Waals surface area contributed by atoms with E-state index in [0.29, 0.717) is 0 Å². The Morgan fingerprint density at radius 2 is 0.887 bits per heavy atom. The molecule has 10 aromatic rings. The van der Waals surface area contributed by atoms with Gasteiger partial charge in [0.05, 0.1) is 17.1 Å². The van der Waals surface area contributed by atoms with Crippen LogP contribution in [0.1, 0.15) is 43.2 Å². The molecule has 0 heterocycles. The quantitative estimate of drug-likeness (QED) is 0.155. The van der Waals surface area contributed by atoms with Crippen LogP contribution in [0.5, 0.6) is 0 Å². The van der Waals surface area contributed by atoms with Gasteiger partial charge in [-0.05, 0) is 159 Å². The summed E-state index contributed by atoms with van der Waals surface area (Å²) in [5.74, 6) is 3.26. The standard InChI is InChI=1S/C60H46N2/c1-3-14-46(15-4-1)61(48-27-22-40-12-7-8-13-43(40)37-48)54-30-25-41-24-29-51-55(31-26-42-23-28-50(54)57(41)58(42)51)62(47-16-5-2-6-17-47)56-21-11-20-53-59(56)49-18-9-10-19-52(49)60(53)44-33-38-32-39(35-44)36-45(60)34-38/h1-31,37-39,44-45H,32-36H2. The highest BCUT2D eigenvalue weighted by Gasteiger charge is 2.61. The van der Waals surface area contributed by atoms with Crippen molar-refractivity contribution >= 4 is 77.2 Å². The topological polar surface area (TPSA) is 6.48 Å². The lowest BCUT2D eigenvalue weighted by Gasteiger charge is -2.61. The molecule has 4 saturated carbocycles. The first-order chi connectivity index (χ1) is 30.7. The molecule has 4 fully saturated rings. The summed E-state index contributed by atoms with van der Waals surface area (Å²) in [6, 6.07) is 73.3. The lowest BCUT2D eigenvalue weighted by molar-refractivity contribution is -0.0399. The summed E-state index contributed by atoms with van der Waals surface area (Å²) < 4.78 is 0. The fourth-order valence-electron chi connectivity index (χ4n) is 13.8. The van der Waals surface area contributed by atoms with Crippen molar-refractivity contribution in [2.75, 3.05) is 9.80 Å². The molecule has 5 aliphatic carbocycles. The summed E-state index contributed by atoms with van der Waals surface area (Å²) in [6.07, 6.45) is 6.99. The minimum absolute atomic E-state index is 0.104. The van der Waals surface area contributed by atoms with E-state index in [9.17, 15) is 0 Å². The second-order valence-electron chi connectivity index (χ2n) is 18.9. The Labute approximate surface area is 363 Å². The maximum atomic E-state index is 2.60. The van der Waals surface area contributed by atoms with Gasteiger partial charge in [-0.1, -0.05) is 140 Å². The van der Waals surface area contributed by atoms with Crippen molar-refractivity contribution in [1.29, 1.82) is 0 Å². The van der Waals surface area contributed by atoms with Gasteiger partial charge in [-0.2, -0.15) is 0 Å². The molecule has 0 amide bonds. The van der Waals surface area contributed by atoms with Crippen molar-refractivity contribution in [2.45, 2.75) is 37.5 Å². The smallest absolute Gasteiger partial charge is 0.0543 e. The number of para-hydroxylation sites is 2. The molecule has 0 aromatic heterocycles. The second-order valence-corrected chi connectivity index (χ2v) is 18.9. The van der Waals surface area contributed by atoms with Gasteiger partial charge in [-0.3, -0.25) is 0 Å². The zero-order chi connectivity index (χ0) is 40.5. The molecule has 2 nitrogen and oxygen atoms in total. The van der Waals surface area contributed by atoms with Crippen LogP contribution in [0.3, 0.4) is 0 Å². The average Bonchev–Trinajstić information content (AvgIpc) is 3.62. The predicted octanol–water partition coefficient (Wildman–Crippen LogP) is 16.4. The van der Waals surface area contributed by atoms with Gasteiger partial charge in [-0.15, -0.1) is 0 Å². The zero-order valence-corrected chi connectivity index (χ0v) is 34.7. The monoisotopic (exact) mass is 794 g/mol. The van der Waals surface area contributed by atoms with Crippen LogP contribution in [0.2, 0.25) is 0 Å². The van der Waals surface area contributed by atoms with Crippen molar-refractivity contribution in [3.8, 4) is 11.1 Å². The molecule has 0 N–H and O–H groups in total. The molecule has 10 aromatic carbocycles. The molecule has 0 unspecified atom stereocenters. The lowest BCUT2D eigenvalue weighted by Crippen LogP contribution is -2.55. The molecule has 0 atom stereocenters. The largest absolute Gasteiger partial charge is 0.310 e. The van der Waals surface area contributed by atoms with E-state index in [0.717, 1.165) is 35.0 Å². The van der Waals surface area contributed by atoms with E-state index in [-0.39, 0.29) is 5.41 Å². The first-order valence-electron chi connectivity index (χ1n) is 22.9. The molecule has 296 valence electrons. The summed E-state index contributed by atoms with van der Waals surface area (Å²) >= 11 is 0. The van der Waals surface area contributed by atoms with Crippen LogP contribution >= 0.6 is 0 Å². The van der Waals surface area contributed by atoms with E-state index in [1.165, 1.54) is 109 Å². The van der Waals surface area contributed by atoms with Crippen molar-refractivity contribution < 1.29 is 0 Å². The summed E-state index contributed by atoms with van der Waals surface area (Å²) in [5, 5.41) is 10.2. The Kier molecular flexibility index (Phi) is 7.32. The molecule has 62 heavy (non-hydrogen) atoms. The fraction of sp³-hybridized carbons (Fsp3) is 0.167. The Bertz CT molecular complexity index is 3360. The van der Waals surface area contributed by atoms with E-state index in [1.807, 2.05) is 0 Å². The van der Waals surface area contributed by atoms with Crippen LogP contribution in [-0.2, 0) is 5.41 Å². The number of fused-ring (bicyclic) bond motifs is 4. The summed E-state index contributed by atoms with van der Waals surface area (Å²) in [4.78, 5) is 5.04. The molecule has 15 rings (SSSR count). The van der Waals surface area contributed by atoms with Crippen LogP contribution in [-0.4, -0.2) is 0 Å². The van der Waals surface area contributed by atoms with Gasteiger partial charge in [0.15, 0.2) is 0 Å².